The minimum Gasteiger partial charge on any atom is -0.465 e. The molecule has 10 heteroatoms. The normalized spacial score (nSPS) is 10.2. The van der Waals surface area contributed by atoms with Gasteiger partial charge in [-0.3, -0.25) is 14.8 Å². The van der Waals surface area contributed by atoms with Crippen LogP contribution in [0.2, 0.25) is 0 Å². The number of aromatic nitrogens is 3. The van der Waals surface area contributed by atoms with Crippen LogP contribution >= 0.6 is 27.3 Å². The quantitative estimate of drug-likeness (QED) is 0.787. The molecule has 2 aromatic heterocycles. The van der Waals surface area contributed by atoms with Gasteiger partial charge in [-0.25, -0.2) is 9.78 Å². The molecule has 100 valence electrons. The highest BCUT2D eigenvalue weighted by atomic mass is 79.9. The van der Waals surface area contributed by atoms with Crippen LogP contribution < -0.4 is 10.6 Å². The second-order valence-electron chi connectivity index (χ2n) is 3.43. The van der Waals surface area contributed by atoms with Crippen LogP contribution in [0.3, 0.4) is 0 Å². The van der Waals surface area contributed by atoms with Gasteiger partial charge in [0.05, 0.1) is 11.9 Å². The molecule has 2 heterocycles. The number of carbonyl (C=O) groups excluding carboxylic acids is 1. The van der Waals surface area contributed by atoms with Gasteiger partial charge in [-0.15, -0.1) is 0 Å². The van der Waals surface area contributed by atoms with Gasteiger partial charge in [0.2, 0.25) is 0 Å². The summed E-state index contributed by atoms with van der Waals surface area (Å²) in [5.41, 5.74) is 0.501. The summed E-state index contributed by atoms with van der Waals surface area (Å²) in [4.78, 5) is 26.5. The maximum absolute atomic E-state index is 12.0. The molecule has 0 atom stereocenters. The van der Waals surface area contributed by atoms with Crippen LogP contribution in [0, 0.1) is 0 Å². The Kier molecular flexibility index (Phi) is 3.81. The van der Waals surface area contributed by atoms with Gasteiger partial charge in [0, 0.05) is 13.2 Å². The second-order valence-corrected chi connectivity index (χ2v) is 5.71. The van der Waals surface area contributed by atoms with Crippen molar-refractivity contribution in [2.75, 3.05) is 10.6 Å². The summed E-state index contributed by atoms with van der Waals surface area (Å²) in [5.74, 6) is -0.515. The molecule has 2 aromatic rings. The molecule has 0 saturated heterocycles. The van der Waals surface area contributed by atoms with Crippen molar-refractivity contribution in [1.29, 1.82) is 0 Å². The van der Waals surface area contributed by atoms with E-state index >= 15 is 0 Å². The summed E-state index contributed by atoms with van der Waals surface area (Å²) in [6.07, 6.45) is 1.83. The number of halogens is 1. The zero-order chi connectivity index (χ0) is 14.0. The number of hydrogen-bond acceptors (Lipinski definition) is 5. The first kappa shape index (κ1) is 13.5. The fourth-order valence-electron chi connectivity index (χ4n) is 1.31. The summed E-state index contributed by atoms with van der Waals surface area (Å²) in [7, 11) is 1.71. The summed E-state index contributed by atoms with van der Waals surface area (Å²) in [6, 6.07) is 0. The van der Waals surface area contributed by atoms with Gasteiger partial charge in [0.25, 0.3) is 5.91 Å². The SMILES string of the molecule is Cn1cc(NC(=O)c2nc(Br)sc2NC(=O)O)cn1. The second kappa shape index (κ2) is 5.36. The van der Waals surface area contributed by atoms with Crippen LogP contribution in [0.15, 0.2) is 16.3 Å². The molecule has 0 aliphatic rings. The van der Waals surface area contributed by atoms with Crippen molar-refractivity contribution < 1.29 is 14.7 Å². The lowest BCUT2D eigenvalue weighted by molar-refractivity contribution is 0.102. The number of nitrogens with zero attached hydrogens (tertiary/aromatic N) is 3. The Morgan fingerprint density at radius 1 is 1.47 bits per heavy atom. The molecule has 0 fully saturated rings. The predicted octanol–water partition coefficient (Wildman–Crippen LogP) is 1.98. The molecule has 0 bridgehead atoms. The van der Waals surface area contributed by atoms with Crippen molar-refractivity contribution in [3.8, 4) is 0 Å². The minimum atomic E-state index is -1.26. The van der Waals surface area contributed by atoms with Crippen LogP contribution in [0.5, 0.6) is 0 Å². The zero-order valence-corrected chi connectivity index (χ0v) is 11.9. The number of rotatable bonds is 3. The fourth-order valence-corrected chi connectivity index (χ4v) is 2.65. The molecule has 0 radical (unpaired) electrons. The molecule has 0 saturated carbocycles. The lowest BCUT2D eigenvalue weighted by Crippen LogP contribution is -2.16. The Morgan fingerprint density at radius 2 is 2.21 bits per heavy atom. The molecule has 0 unspecified atom stereocenters. The maximum Gasteiger partial charge on any atom is 0.409 e. The van der Waals surface area contributed by atoms with Crippen LogP contribution in [0.4, 0.5) is 15.5 Å². The molecule has 0 aliphatic heterocycles. The van der Waals surface area contributed by atoms with E-state index in [1.165, 1.54) is 10.9 Å². The summed E-state index contributed by atoms with van der Waals surface area (Å²) in [5, 5.41) is 17.4. The molecule has 0 spiro atoms. The number of hydrogen-bond donors (Lipinski definition) is 3. The molecule has 0 aliphatic carbocycles. The minimum absolute atomic E-state index is 0.00290. The Morgan fingerprint density at radius 3 is 2.79 bits per heavy atom. The largest absolute Gasteiger partial charge is 0.465 e. The number of anilines is 2. The van der Waals surface area contributed by atoms with Gasteiger partial charge in [0.15, 0.2) is 9.61 Å². The standard InChI is InChI=1S/C9H8BrN5O3S/c1-15-3-4(2-11-15)12-6(16)5-7(14-9(17)18)19-8(10)13-5/h2-3,14H,1H3,(H,12,16)(H,17,18). The van der Waals surface area contributed by atoms with Gasteiger partial charge >= 0.3 is 6.09 Å². The highest BCUT2D eigenvalue weighted by molar-refractivity contribution is 9.11. The molecule has 3 N–H and O–H groups in total. The highest BCUT2D eigenvalue weighted by Gasteiger charge is 2.19. The van der Waals surface area contributed by atoms with Crippen molar-refractivity contribution in [3.63, 3.8) is 0 Å². The van der Waals surface area contributed by atoms with E-state index in [9.17, 15) is 9.59 Å². The van der Waals surface area contributed by atoms with Gasteiger partial charge in [-0.1, -0.05) is 11.3 Å². The van der Waals surface area contributed by atoms with Crippen molar-refractivity contribution in [2.45, 2.75) is 0 Å². The van der Waals surface area contributed by atoms with Gasteiger partial charge < -0.3 is 10.4 Å². The van der Waals surface area contributed by atoms with Crippen LogP contribution in [0.1, 0.15) is 10.5 Å². The van der Waals surface area contributed by atoms with E-state index in [2.05, 4.69) is 36.6 Å². The van der Waals surface area contributed by atoms with Gasteiger partial charge in [-0.05, 0) is 15.9 Å². The highest BCUT2D eigenvalue weighted by Crippen LogP contribution is 2.29. The third-order valence-corrected chi connectivity index (χ3v) is 3.42. The lowest BCUT2D eigenvalue weighted by Gasteiger charge is -2.02. The van der Waals surface area contributed by atoms with Gasteiger partial charge in [-0.2, -0.15) is 5.10 Å². The van der Waals surface area contributed by atoms with Gasteiger partial charge in [0.1, 0.15) is 5.00 Å². The molecule has 0 aromatic carbocycles. The molecule has 8 nitrogen and oxygen atoms in total. The lowest BCUT2D eigenvalue weighted by atomic mass is 10.4. The van der Waals surface area contributed by atoms with Crippen molar-refractivity contribution in [1.82, 2.24) is 14.8 Å². The predicted molar refractivity (Wildman–Crippen MR) is 72.6 cm³/mol. The Bertz CT molecular complexity index is 638. The maximum atomic E-state index is 12.0. The first-order valence-corrected chi connectivity index (χ1v) is 6.53. The molecular weight excluding hydrogens is 338 g/mol. The summed E-state index contributed by atoms with van der Waals surface area (Å²) < 4.78 is 1.94. The van der Waals surface area contributed by atoms with Crippen LogP contribution in [-0.4, -0.2) is 31.9 Å². The van der Waals surface area contributed by atoms with Crippen LogP contribution in [-0.2, 0) is 7.05 Å². The molecular formula is C9H8BrN5O3S. The molecule has 2 rings (SSSR count). The number of amides is 2. The van der Waals surface area contributed by atoms with E-state index in [4.69, 9.17) is 5.11 Å². The number of nitrogens with one attached hydrogen (secondary N) is 2. The molecule has 2 amide bonds. The number of thiazole rings is 1. The average Bonchev–Trinajstić information content (AvgIpc) is 2.84. The van der Waals surface area contributed by atoms with E-state index < -0.39 is 12.0 Å². The molecule has 19 heavy (non-hydrogen) atoms. The number of carboxylic acid groups (broad SMARTS) is 1. The monoisotopic (exact) mass is 345 g/mol. The van der Waals surface area contributed by atoms with E-state index in [1.54, 1.807) is 13.2 Å². The van der Waals surface area contributed by atoms with Crippen LogP contribution in [0.25, 0.3) is 0 Å². The Balaban J connectivity index is 2.20. The number of aryl methyl sites for hydroxylation is 1. The fraction of sp³-hybridized carbons (Fsp3) is 0.111. The van der Waals surface area contributed by atoms with Crippen molar-refractivity contribution >= 4 is 50.0 Å². The van der Waals surface area contributed by atoms with Crippen molar-refractivity contribution in [2.24, 2.45) is 7.05 Å². The van der Waals surface area contributed by atoms with E-state index in [-0.39, 0.29) is 10.7 Å². The third-order valence-electron chi connectivity index (χ3n) is 2.00. The summed E-state index contributed by atoms with van der Waals surface area (Å²) >= 11 is 4.13. The van der Waals surface area contributed by atoms with Crippen molar-refractivity contribution in [3.05, 3.63) is 22.0 Å². The van der Waals surface area contributed by atoms with E-state index in [1.807, 2.05) is 0 Å². The summed E-state index contributed by atoms with van der Waals surface area (Å²) in [6.45, 7) is 0. The Labute approximate surface area is 119 Å². The topological polar surface area (TPSA) is 109 Å². The average molecular weight is 346 g/mol. The van der Waals surface area contributed by atoms with E-state index in [0.29, 0.717) is 9.60 Å². The smallest absolute Gasteiger partial charge is 0.409 e. The first-order chi connectivity index (χ1) is 8.95. The van der Waals surface area contributed by atoms with E-state index in [0.717, 1.165) is 11.3 Å². The Hall–Kier alpha value is -1.94. The third kappa shape index (κ3) is 3.29. The first-order valence-electron chi connectivity index (χ1n) is 4.92. The number of carbonyl (C=O) groups is 2. The zero-order valence-electron chi connectivity index (χ0n) is 9.55.